The molecule has 2 saturated carbocycles. The largest absolute Gasteiger partial charge is 0.385 e. The van der Waals surface area contributed by atoms with Gasteiger partial charge in [-0.2, -0.15) is 0 Å². The van der Waals surface area contributed by atoms with Crippen molar-refractivity contribution in [2.24, 2.45) is 22.2 Å². The molecule has 0 aliphatic heterocycles. The predicted molar refractivity (Wildman–Crippen MR) is 93.3 cm³/mol. The van der Waals surface area contributed by atoms with E-state index in [1.165, 1.54) is 44.9 Å². The van der Waals surface area contributed by atoms with Crippen LogP contribution in [0.3, 0.4) is 0 Å². The van der Waals surface area contributed by atoms with Crippen LogP contribution >= 0.6 is 0 Å². The standard InChI is InChI=1S/C18H35N3O/c1-15-5-7-16(8-6-15)13-20-17(19-2)21-14-18(9-4-10-18)11-12-22-3/h15-16H,4-14H2,1-3H3,(H2,19,20,21). The lowest BCUT2D eigenvalue weighted by Gasteiger charge is -2.42. The lowest BCUT2D eigenvalue weighted by atomic mass is 9.67. The van der Waals surface area contributed by atoms with E-state index in [9.17, 15) is 0 Å². The quantitative estimate of drug-likeness (QED) is 0.561. The molecular formula is C18H35N3O. The molecule has 0 radical (unpaired) electrons. The zero-order valence-electron chi connectivity index (χ0n) is 14.8. The van der Waals surface area contributed by atoms with E-state index in [0.717, 1.165) is 43.9 Å². The van der Waals surface area contributed by atoms with Crippen LogP contribution in [0, 0.1) is 17.3 Å². The van der Waals surface area contributed by atoms with Crippen LogP contribution in [-0.4, -0.2) is 39.8 Å². The highest BCUT2D eigenvalue weighted by Gasteiger charge is 2.36. The number of rotatable bonds is 7. The number of aliphatic imine (C=N–C) groups is 1. The number of methoxy groups -OCH3 is 1. The van der Waals surface area contributed by atoms with Crippen LogP contribution < -0.4 is 10.6 Å². The van der Waals surface area contributed by atoms with Crippen molar-refractivity contribution in [3.05, 3.63) is 0 Å². The van der Waals surface area contributed by atoms with Crippen LogP contribution in [-0.2, 0) is 4.74 Å². The van der Waals surface area contributed by atoms with Crippen LogP contribution in [0.5, 0.6) is 0 Å². The maximum Gasteiger partial charge on any atom is 0.191 e. The summed E-state index contributed by atoms with van der Waals surface area (Å²) < 4.78 is 5.27. The normalized spacial score (nSPS) is 28.0. The van der Waals surface area contributed by atoms with Crippen molar-refractivity contribution in [3.8, 4) is 0 Å². The van der Waals surface area contributed by atoms with Gasteiger partial charge in [0.15, 0.2) is 5.96 Å². The molecule has 2 fully saturated rings. The van der Waals surface area contributed by atoms with Crippen LogP contribution in [0.2, 0.25) is 0 Å². The second-order valence-corrected chi connectivity index (χ2v) is 7.53. The molecule has 0 spiro atoms. The monoisotopic (exact) mass is 309 g/mol. The molecule has 2 aliphatic rings. The molecule has 128 valence electrons. The van der Waals surface area contributed by atoms with Crippen LogP contribution in [0.15, 0.2) is 4.99 Å². The smallest absolute Gasteiger partial charge is 0.191 e. The van der Waals surface area contributed by atoms with E-state index in [4.69, 9.17) is 4.74 Å². The third-order valence-electron chi connectivity index (χ3n) is 5.80. The fourth-order valence-corrected chi connectivity index (χ4v) is 3.78. The van der Waals surface area contributed by atoms with Gasteiger partial charge in [0.05, 0.1) is 0 Å². The van der Waals surface area contributed by atoms with E-state index in [2.05, 4.69) is 22.5 Å². The van der Waals surface area contributed by atoms with Gasteiger partial charge in [0, 0.05) is 33.9 Å². The molecule has 0 unspecified atom stereocenters. The first-order chi connectivity index (χ1) is 10.7. The van der Waals surface area contributed by atoms with Crippen LogP contribution in [0.1, 0.15) is 58.3 Å². The Hall–Kier alpha value is -0.770. The molecule has 0 atom stereocenters. The Labute approximate surface area is 136 Å². The molecule has 4 heteroatoms. The molecule has 0 saturated heterocycles. The molecule has 0 heterocycles. The van der Waals surface area contributed by atoms with Crippen molar-refractivity contribution in [1.29, 1.82) is 0 Å². The minimum Gasteiger partial charge on any atom is -0.385 e. The lowest BCUT2D eigenvalue weighted by Crippen LogP contribution is -2.47. The zero-order valence-corrected chi connectivity index (χ0v) is 14.8. The Bertz CT molecular complexity index is 344. The minimum atomic E-state index is 0.438. The van der Waals surface area contributed by atoms with Gasteiger partial charge in [-0.05, 0) is 49.4 Å². The first-order valence-corrected chi connectivity index (χ1v) is 9.11. The molecule has 2 aliphatic carbocycles. The molecule has 22 heavy (non-hydrogen) atoms. The molecular weight excluding hydrogens is 274 g/mol. The number of hydrogen-bond acceptors (Lipinski definition) is 2. The Kier molecular flexibility index (Phi) is 7.00. The fourth-order valence-electron chi connectivity index (χ4n) is 3.78. The summed E-state index contributed by atoms with van der Waals surface area (Å²) in [5.41, 5.74) is 0.438. The Morgan fingerprint density at radius 3 is 2.45 bits per heavy atom. The third-order valence-corrected chi connectivity index (χ3v) is 5.80. The number of nitrogens with one attached hydrogen (secondary N) is 2. The fraction of sp³-hybridized carbons (Fsp3) is 0.944. The molecule has 0 aromatic rings. The van der Waals surface area contributed by atoms with Gasteiger partial charge >= 0.3 is 0 Å². The first kappa shape index (κ1) is 17.6. The highest BCUT2D eigenvalue weighted by molar-refractivity contribution is 5.79. The Morgan fingerprint density at radius 2 is 1.91 bits per heavy atom. The number of hydrogen-bond donors (Lipinski definition) is 2. The van der Waals surface area contributed by atoms with E-state index in [1.807, 2.05) is 7.05 Å². The topological polar surface area (TPSA) is 45.7 Å². The van der Waals surface area contributed by atoms with Crippen molar-refractivity contribution in [3.63, 3.8) is 0 Å². The summed E-state index contributed by atoms with van der Waals surface area (Å²) in [4.78, 5) is 4.39. The summed E-state index contributed by atoms with van der Waals surface area (Å²) in [6, 6.07) is 0. The van der Waals surface area contributed by atoms with Gasteiger partial charge in [0.2, 0.25) is 0 Å². The summed E-state index contributed by atoms with van der Waals surface area (Å²) >= 11 is 0. The molecule has 0 aromatic heterocycles. The van der Waals surface area contributed by atoms with Gasteiger partial charge in [-0.25, -0.2) is 0 Å². The van der Waals surface area contributed by atoms with Crippen molar-refractivity contribution in [1.82, 2.24) is 10.6 Å². The molecule has 0 bridgehead atoms. The van der Waals surface area contributed by atoms with Crippen molar-refractivity contribution in [2.45, 2.75) is 58.3 Å². The number of ether oxygens (including phenoxy) is 1. The Balaban J connectivity index is 1.68. The van der Waals surface area contributed by atoms with Crippen molar-refractivity contribution >= 4 is 5.96 Å². The van der Waals surface area contributed by atoms with E-state index in [0.29, 0.717) is 5.41 Å². The second-order valence-electron chi connectivity index (χ2n) is 7.53. The summed E-state index contributed by atoms with van der Waals surface area (Å²) in [6.45, 7) is 5.34. The van der Waals surface area contributed by atoms with Crippen molar-refractivity contribution < 1.29 is 4.74 Å². The molecule has 2 N–H and O–H groups in total. The average molecular weight is 309 g/mol. The SMILES string of the molecule is CN=C(NCC1CCC(C)CC1)NCC1(CCOC)CCC1. The summed E-state index contributed by atoms with van der Waals surface area (Å²) in [5.74, 6) is 2.72. The van der Waals surface area contributed by atoms with Gasteiger partial charge in [-0.1, -0.05) is 26.2 Å². The number of nitrogens with zero attached hydrogens (tertiary/aromatic N) is 1. The summed E-state index contributed by atoms with van der Waals surface area (Å²) in [6.07, 6.45) is 10.7. The minimum absolute atomic E-state index is 0.438. The van der Waals surface area contributed by atoms with E-state index in [-0.39, 0.29) is 0 Å². The van der Waals surface area contributed by atoms with Crippen LogP contribution in [0.25, 0.3) is 0 Å². The van der Waals surface area contributed by atoms with Gasteiger partial charge in [0.1, 0.15) is 0 Å². The molecule has 4 nitrogen and oxygen atoms in total. The maximum absolute atomic E-state index is 5.27. The number of guanidine groups is 1. The van der Waals surface area contributed by atoms with Crippen molar-refractivity contribution in [2.75, 3.05) is 33.9 Å². The van der Waals surface area contributed by atoms with Gasteiger partial charge in [0.25, 0.3) is 0 Å². The Morgan fingerprint density at radius 1 is 1.18 bits per heavy atom. The van der Waals surface area contributed by atoms with Gasteiger partial charge < -0.3 is 15.4 Å². The summed E-state index contributed by atoms with van der Waals surface area (Å²) in [7, 11) is 3.67. The second kappa shape index (κ2) is 8.76. The van der Waals surface area contributed by atoms with E-state index >= 15 is 0 Å². The maximum atomic E-state index is 5.27. The van der Waals surface area contributed by atoms with E-state index in [1.54, 1.807) is 7.11 Å². The first-order valence-electron chi connectivity index (χ1n) is 9.11. The average Bonchev–Trinajstić information content (AvgIpc) is 2.50. The molecule has 2 rings (SSSR count). The highest BCUT2D eigenvalue weighted by atomic mass is 16.5. The van der Waals surface area contributed by atoms with Crippen LogP contribution in [0.4, 0.5) is 0 Å². The molecule has 0 aromatic carbocycles. The third kappa shape index (κ3) is 5.15. The zero-order chi connectivity index (χ0) is 15.8. The lowest BCUT2D eigenvalue weighted by molar-refractivity contribution is 0.0732. The summed E-state index contributed by atoms with van der Waals surface area (Å²) in [5, 5.41) is 7.09. The molecule has 0 amide bonds. The highest BCUT2D eigenvalue weighted by Crippen LogP contribution is 2.43. The predicted octanol–water partition coefficient (Wildman–Crippen LogP) is 3.18. The van der Waals surface area contributed by atoms with E-state index < -0.39 is 0 Å². The van der Waals surface area contributed by atoms with Gasteiger partial charge in [-0.3, -0.25) is 4.99 Å². The van der Waals surface area contributed by atoms with Gasteiger partial charge in [-0.15, -0.1) is 0 Å².